The maximum absolute atomic E-state index is 10.1. The molecule has 1 aromatic carbocycles. The Morgan fingerprint density at radius 3 is 2.92 bits per heavy atom. The van der Waals surface area contributed by atoms with Gasteiger partial charge < -0.3 is 14.4 Å². The number of aryl methyl sites for hydroxylation is 1. The van der Waals surface area contributed by atoms with E-state index in [0.29, 0.717) is 29.4 Å². The van der Waals surface area contributed by atoms with Gasteiger partial charge in [-0.2, -0.15) is 4.98 Å². The van der Waals surface area contributed by atoms with Gasteiger partial charge in [-0.15, -0.1) is 0 Å². The van der Waals surface area contributed by atoms with Gasteiger partial charge in [0, 0.05) is 6.20 Å². The Morgan fingerprint density at radius 1 is 1.25 bits per heavy atom. The number of hydrogen-bond donors (Lipinski definition) is 1. The second-order valence-corrected chi connectivity index (χ2v) is 5.47. The quantitative estimate of drug-likeness (QED) is 0.690. The van der Waals surface area contributed by atoms with Gasteiger partial charge in [0.2, 0.25) is 5.82 Å². The zero-order valence-electron chi connectivity index (χ0n) is 13.7. The van der Waals surface area contributed by atoms with Gasteiger partial charge in [-0.05, 0) is 43.2 Å². The summed E-state index contributed by atoms with van der Waals surface area (Å²) in [6.07, 6.45) is 3.71. The van der Waals surface area contributed by atoms with Crippen molar-refractivity contribution < 1.29 is 14.4 Å². The molecule has 0 atom stereocenters. The van der Waals surface area contributed by atoms with E-state index in [4.69, 9.17) is 9.26 Å². The maximum atomic E-state index is 10.1. The van der Waals surface area contributed by atoms with E-state index >= 15 is 0 Å². The molecule has 0 bridgehead atoms. The van der Waals surface area contributed by atoms with Crippen LogP contribution in [0.3, 0.4) is 0 Å². The number of aromatic hydroxyl groups is 1. The molecule has 0 spiro atoms. The van der Waals surface area contributed by atoms with E-state index in [0.717, 1.165) is 18.4 Å². The van der Waals surface area contributed by atoms with Crippen LogP contribution in [-0.2, 0) is 0 Å². The highest BCUT2D eigenvalue weighted by molar-refractivity contribution is 5.66. The lowest BCUT2D eigenvalue weighted by molar-refractivity contribution is 0.309. The number of nitrogens with zero attached hydrogens (tertiary/aromatic N) is 3. The largest absolute Gasteiger partial charge is 0.507 e. The second-order valence-electron chi connectivity index (χ2n) is 5.47. The number of benzene rings is 1. The first kappa shape index (κ1) is 16.0. The molecule has 0 unspecified atom stereocenters. The SMILES string of the molecule is CCCCOc1ccc(O)c(-c2nc(-c3ncccc3C)no2)c1. The molecule has 0 saturated carbocycles. The molecule has 6 nitrogen and oxygen atoms in total. The van der Waals surface area contributed by atoms with Crippen LogP contribution < -0.4 is 4.74 Å². The highest BCUT2D eigenvalue weighted by atomic mass is 16.5. The number of phenolic OH excluding ortho intramolecular Hbond substituents is 1. The summed E-state index contributed by atoms with van der Waals surface area (Å²) in [5.74, 6) is 1.34. The molecule has 3 aromatic rings. The summed E-state index contributed by atoms with van der Waals surface area (Å²) in [5, 5.41) is 14.1. The predicted octanol–water partition coefficient (Wildman–Crippen LogP) is 3.99. The summed E-state index contributed by atoms with van der Waals surface area (Å²) < 4.78 is 11.0. The minimum atomic E-state index is 0.0609. The van der Waals surface area contributed by atoms with Crippen molar-refractivity contribution in [2.24, 2.45) is 0 Å². The maximum Gasteiger partial charge on any atom is 0.262 e. The lowest BCUT2D eigenvalue weighted by Gasteiger charge is -2.07. The predicted molar refractivity (Wildman–Crippen MR) is 89.8 cm³/mol. The fraction of sp³-hybridized carbons (Fsp3) is 0.278. The van der Waals surface area contributed by atoms with E-state index in [1.165, 1.54) is 0 Å². The molecular weight excluding hydrogens is 306 g/mol. The van der Waals surface area contributed by atoms with Crippen LogP contribution in [0.5, 0.6) is 11.5 Å². The molecule has 0 saturated heterocycles. The van der Waals surface area contributed by atoms with Crippen LogP contribution in [0.2, 0.25) is 0 Å². The Balaban J connectivity index is 1.89. The normalized spacial score (nSPS) is 10.8. The van der Waals surface area contributed by atoms with Gasteiger partial charge in [-0.1, -0.05) is 24.6 Å². The number of unbranched alkanes of at least 4 members (excludes halogenated alkanes) is 1. The van der Waals surface area contributed by atoms with Crippen molar-refractivity contribution in [1.82, 2.24) is 15.1 Å². The van der Waals surface area contributed by atoms with E-state index in [2.05, 4.69) is 22.0 Å². The van der Waals surface area contributed by atoms with Gasteiger partial charge in [0.1, 0.15) is 17.2 Å². The molecule has 0 aliphatic heterocycles. The summed E-state index contributed by atoms with van der Waals surface area (Å²) in [6, 6.07) is 8.76. The van der Waals surface area contributed by atoms with Crippen molar-refractivity contribution in [2.75, 3.05) is 6.61 Å². The zero-order chi connectivity index (χ0) is 16.9. The molecule has 1 N–H and O–H groups in total. The minimum absolute atomic E-state index is 0.0609. The summed E-state index contributed by atoms with van der Waals surface area (Å²) in [5.41, 5.74) is 2.05. The summed E-state index contributed by atoms with van der Waals surface area (Å²) >= 11 is 0. The Kier molecular flexibility index (Phi) is 4.74. The molecule has 2 heterocycles. The van der Waals surface area contributed by atoms with Crippen LogP contribution in [0.1, 0.15) is 25.3 Å². The molecule has 0 radical (unpaired) electrons. The molecule has 2 aromatic heterocycles. The third kappa shape index (κ3) is 3.37. The topological polar surface area (TPSA) is 81.3 Å². The summed E-state index contributed by atoms with van der Waals surface area (Å²) in [4.78, 5) is 8.63. The van der Waals surface area contributed by atoms with Gasteiger partial charge in [-0.3, -0.25) is 4.98 Å². The summed E-state index contributed by atoms with van der Waals surface area (Å²) in [6.45, 7) is 4.66. The molecule has 0 aliphatic rings. The van der Waals surface area contributed by atoms with Crippen molar-refractivity contribution in [1.29, 1.82) is 0 Å². The van der Waals surface area contributed by atoms with Gasteiger partial charge in [0.25, 0.3) is 5.89 Å². The smallest absolute Gasteiger partial charge is 0.262 e. The van der Waals surface area contributed by atoms with E-state index in [9.17, 15) is 5.11 Å². The average molecular weight is 325 g/mol. The number of phenols is 1. The Labute approximate surface area is 140 Å². The van der Waals surface area contributed by atoms with Crippen LogP contribution in [0.4, 0.5) is 0 Å². The Bertz CT molecular complexity index is 830. The minimum Gasteiger partial charge on any atom is -0.507 e. The first-order valence-electron chi connectivity index (χ1n) is 7.91. The monoisotopic (exact) mass is 325 g/mol. The van der Waals surface area contributed by atoms with Crippen molar-refractivity contribution >= 4 is 0 Å². The fourth-order valence-electron chi connectivity index (χ4n) is 2.26. The van der Waals surface area contributed by atoms with Crippen molar-refractivity contribution in [3.8, 4) is 34.5 Å². The number of ether oxygens (including phenoxy) is 1. The molecule has 3 rings (SSSR count). The lowest BCUT2D eigenvalue weighted by Crippen LogP contribution is -1.96. The lowest BCUT2D eigenvalue weighted by atomic mass is 10.2. The highest BCUT2D eigenvalue weighted by Crippen LogP contribution is 2.32. The van der Waals surface area contributed by atoms with Gasteiger partial charge in [0.15, 0.2) is 0 Å². The van der Waals surface area contributed by atoms with E-state index in [1.807, 2.05) is 19.1 Å². The molecule has 6 heteroatoms. The van der Waals surface area contributed by atoms with Crippen molar-refractivity contribution in [2.45, 2.75) is 26.7 Å². The van der Waals surface area contributed by atoms with Gasteiger partial charge >= 0.3 is 0 Å². The fourth-order valence-corrected chi connectivity index (χ4v) is 2.26. The molecular formula is C18H19N3O3. The second kappa shape index (κ2) is 7.12. The van der Waals surface area contributed by atoms with Crippen LogP contribution >= 0.6 is 0 Å². The first-order chi connectivity index (χ1) is 11.7. The van der Waals surface area contributed by atoms with Crippen molar-refractivity contribution in [3.05, 3.63) is 42.1 Å². The number of aromatic nitrogens is 3. The van der Waals surface area contributed by atoms with Gasteiger partial charge in [0.05, 0.1) is 12.2 Å². The van der Waals surface area contributed by atoms with Crippen LogP contribution in [-0.4, -0.2) is 26.8 Å². The van der Waals surface area contributed by atoms with E-state index in [-0.39, 0.29) is 11.6 Å². The third-order valence-corrected chi connectivity index (χ3v) is 3.61. The van der Waals surface area contributed by atoms with Crippen LogP contribution in [0, 0.1) is 6.92 Å². The van der Waals surface area contributed by atoms with Crippen LogP contribution in [0.25, 0.3) is 23.0 Å². The average Bonchev–Trinajstić information content (AvgIpc) is 3.06. The Hall–Kier alpha value is -2.89. The highest BCUT2D eigenvalue weighted by Gasteiger charge is 2.16. The van der Waals surface area contributed by atoms with E-state index < -0.39 is 0 Å². The van der Waals surface area contributed by atoms with Gasteiger partial charge in [-0.25, -0.2) is 0 Å². The van der Waals surface area contributed by atoms with Crippen LogP contribution in [0.15, 0.2) is 41.1 Å². The molecule has 0 aliphatic carbocycles. The Morgan fingerprint density at radius 2 is 2.12 bits per heavy atom. The third-order valence-electron chi connectivity index (χ3n) is 3.61. The number of rotatable bonds is 6. The molecule has 0 amide bonds. The zero-order valence-corrected chi connectivity index (χ0v) is 13.7. The standard InChI is InChI=1S/C18H19N3O3/c1-3-4-10-23-13-7-8-15(22)14(11-13)18-20-17(21-24-18)16-12(2)6-5-9-19-16/h5-9,11,22H,3-4,10H2,1-2H3. The van der Waals surface area contributed by atoms with E-state index in [1.54, 1.807) is 24.4 Å². The number of pyridine rings is 1. The molecule has 0 fully saturated rings. The number of hydrogen-bond acceptors (Lipinski definition) is 6. The first-order valence-corrected chi connectivity index (χ1v) is 7.91. The molecule has 24 heavy (non-hydrogen) atoms. The summed E-state index contributed by atoms with van der Waals surface area (Å²) in [7, 11) is 0. The van der Waals surface area contributed by atoms with Crippen molar-refractivity contribution in [3.63, 3.8) is 0 Å². The molecule has 124 valence electrons.